The maximum atomic E-state index is 14.0. The van der Waals surface area contributed by atoms with Crippen molar-refractivity contribution in [3.63, 3.8) is 0 Å². The van der Waals surface area contributed by atoms with Crippen LogP contribution >= 0.6 is 0 Å². The fourth-order valence-corrected chi connectivity index (χ4v) is 6.10. The first kappa shape index (κ1) is 24.3. The number of benzene rings is 3. The van der Waals surface area contributed by atoms with Crippen LogP contribution in [0.5, 0.6) is 0 Å². The third-order valence-corrected chi connectivity index (χ3v) is 8.07. The zero-order valence-electron chi connectivity index (χ0n) is 21.3. The van der Waals surface area contributed by atoms with Gasteiger partial charge in [0, 0.05) is 34.2 Å². The molecular formula is C31H34FN3O. The van der Waals surface area contributed by atoms with Gasteiger partial charge in [0.15, 0.2) is 0 Å². The molecule has 0 saturated heterocycles. The molecule has 4 nitrogen and oxygen atoms in total. The molecule has 0 fully saturated rings. The summed E-state index contributed by atoms with van der Waals surface area (Å²) < 4.78 is 14.0. The fourth-order valence-electron chi connectivity index (χ4n) is 6.10. The Bertz CT molecular complexity index is 1360. The number of hydrogen-bond donors (Lipinski definition) is 1. The third kappa shape index (κ3) is 4.22. The predicted octanol–water partition coefficient (Wildman–Crippen LogP) is 6.69. The van der Waals surface area contributed by atoms with Crippen LogP contribution in [0, 0.1) is 5.82 Å². The number of rotatable bonds is 7. The number of fused-ring (bicyclic) bond motifs is 3. The molecule has 2 atom stereocenters. The molecule has 0 spiro atoms. The molecule has 36 heavy (non-hydrogen) atoms. The van der Waals surface area contributed by atoms with E-state index in [0.29, 0.717) is 12.1 Å². The summed E-state index contributed by atoms with van der Waals surface area (Å²) in [6.07, 6.45) is 3.41. The minimum Gasteiger partial charge on any atom is -0.356 e. The van der Waals surface area contributed by atoms with Gasteiger partial charge in [-0.15, -0.1) is 0 Å². The quantitative estimate of drug-likeness (QED) is 0.318. The Hall–Kier alpha value is -3.44. The van der Waals surface area contributed by atoms with E-state index in [9.17, 15) is 9.18 Å². The summed E-state index contributed by atoms with van der Waals surface area (Å²) in [6, 6.07) is 25.0. The number of amides is 1. The highest BCUT2D eigenvalue weighted by Gasteiger charge is 2.38. The van der Waals surface area contributed by atoms with E-state index in [0.717, 1.165) is 36.9 Å². The molecule has 2 unspecified atom stereocenters. The van der Waals surface area contributed by atoms with Gasteiger partial charge in [0.1, 0.15) is 5.82 Å². The van der Waals surface area contributed by atoms with Crippen molar-refractivity contribution in [3.8, 4) is 0 Å². The summed E-state index contributed by atoms with van der Waals surface area (Å²) in [5, 5.41) is 1.23. The molecule has 0 radical (unpaired) electrons. The van der Waals surface area contributed by atoms with Gasteiger partial charge in [-0.05, 0) is 75.2 Å². The Morgan fingerprint density at radius 3 is 2.53 bits per heavy atom. The number of carbonyl (C=O) groups excluding carboxylic acids is 1. The second kappa shape index (κ2) is 9.90. The van der Waals surface area contributed by atoms with E-state index in [-0.39, 0.29) is 23.3 Å². The van der Waals surface area contributed by atoms with Gasteiger partial charge in [0.2, 0.25) is 0 Å². The van der Waals surface area contributed by atoms with Crippen molar-refractivity contribution in [1.82, 2.24) is 14.8 Å². The highest BCUT2D eigenvalue weighted by molar-refractivity contribution is 5.95. The largest absolute Gasteiger partial charge is 0.356 e. The van der Waals surface area contributed by atoms with Gasteiger partial charge >= 0.3 is 0 Å². The van der Waals surface area contributed by atoms with Crippen LogP contribution < -0.4 is 0 Å². The van der Waals surface area contributed by atoms with E-state index in [1.165, 1.54) is 28.6 Å². The molecule has 2 heterocycles. The van der Waals surface area contributed by atoms with Crippen molar-refractivity contribution in [3.05, 3.63) is 107 Å². The molecule has 186 valence electrons. The summed E-state index contributed by atoms with van der Waals surface area (Å²) >= 11 is 0. The Kier molecular flexibility index (Phi) is 6.67. The van der Waals surface area contributed by atoms with E-state index in [4.69, 9.17) is 0 Å². The van der Waals surface area contributed by atoms with Gasteiger partial charge in [0.05, 0.1) is 6.04 Å². The van der Waals surface area contributed by atoms with E-state index in [1.807, 2.05) is 11.0 Å². The Morgan fingerprint density at radius 1 is 1.06 bits per heavy atom. The summed E-state index contributed by atoms with van der Waals surface area (Å²) in [5.74, 6) is -0.502. The molecule has 0 aliphatic carbocycles. The first-order valence-corrected chi connectivity index (χ1v) is 12.8. The van der Waals surface area contributed by atoms with Crippen LogP contribution in [0.4, 0.5) is 4.39 Å². The van der Waals surface area contributed by atoms with Crippen molar-refractivity contribution in [2.24, 2.45) is 0 Å². The minimum absolute atomic E-state index is 0.115. The predicted molar refractivity (Wildman–Crippen MR) is 144 cm³/mol. The maximum absolute atomic E-state index is 14.0. The molecule has 4 aromatic rings. The fraction of sp³-hybridized carbons (Fsp3) is 0.323. The second-order valence-electron chi connectivity index (χ2n) is 10.0. The molecule has 1 aromatic heterocycles. The van der Waals surface area contributed by atoms with Crippen molar-refractivity contribution >= 4 is 16.8 Å². The van der Waals surface area contributed by atoms with E-state index < -0.39 is 0 Å². The Morgan fingerprint density at radius 2 is 1.81 bits per heavy atom. The number of nitrogens with one attached hydrogen (secondary N) is 1. The third-order valence-electron chi connectivity index (χ3n) is 8.07. The maximum Gasteiger partial charge on any atom is 0.254 e. The normalized spacial score (nSPS) is 17.2. The average Bonchev–Trinajstić information content (AvgIpc) is 3.28. The molecule has 3 aromatic carbocycles. The summed E-state index contributed by atoms with van der Waals surface area (Å²) in [5.41, 5.74) is 5.04. The molecule has 1 N–H and O–H groups in total. The van der Waals surface area contributed by atoms with Crippen LogP contribution in [0.3, 0.4) is 0 Å². The Balaban J connectivity index is 1.55. The average molecular weight is 484 g/mol. The first-order valence-electron chi connectivity index (χ1n) is 12.8. The van der Waals surface area contributed by atoms with Crippen LogP contribution in [0.2, 0.25) is 0 Å². The zero-order chi connectivity index (χ0) is 25.3. The summed E-state index contributed by atoms with van der Waals surface area (Å²) in [6.45, 7) is 2.85. The van der Waals surface area contributed by atoms with Crippen LogP contribution in [0.25, 0.3) is 10.9 Å². The number of nitrogens with zero attached hydrogens (tertiary/aromatic N) is 2. The van der Waals surface area contributed by atoms with Gasteiger partial charge in [-0.1, -0.05) is 61.5 Å². The molecule has 0 saturated carbocycles. The minimum atomic E-state index is -0.387. The monoisotopic (exact) mass is 483 g/mol. The lowest BCUT2D eigenvalue weighted by atomic mass is 9.79. The second-order valence-corrected chi connectivity index (χ2v) is 10.0. The molecule has 1 aliphatic rings. The molecule has 5 rings (SSSR count). The van der Waals surface area contributed by atoms with Gasteiger partial charge in [-0.2, -0.15) is 0 Å². The molecule has 0 bridgehead atoms. The van der Waals surface area contributed by atoms with E-state index >= 15 is 0 Å². The van der Waals surface area contributed by atoms with Crippen molar-refractivity contribution in [2.45, 2.75) is 44.2 Å². The van der Waals surface area contributed by atoms with Crippen molar-refractivity contribution < 1.29 is 9.18 Å². The summed E-state index contributed by atoms with van der Waals surface area (Å²) in [7, 11) is 4.28. The standard InChI is InChI=1S/C31H34FN3O/c1-4-31(34(2)3,23-12-6-5-7-13-23)19-17-28-29-26(25-15-8-9-16-27(25)33-29)18-20-35(28)30(36)22-11-10-14-24(32)21-22/h5-16,21,28,33H,4,17-20H2,1-3H3. The molecule has 5 heteroatoms. The lowest BCUT2D eigenvalue weighted by Gasteiger charge is -2.43. The molecular weight excluding hydrogens is 449 g/mol. The summed E-state index contributed by atoms with van der Waals surface area (Å²) in [4.78, 5) is 21.6. The first-order chi connectivity index (χ1) is 17.4. The van der Waals surface area contributed by atoms with Crippen molar-refractivity contribution in [2.75, 3.05) is 20.6 Å². The van der Waals surface area contributed by atoms with Crippen LogP contribution in [0.15, 0.2) is 78.9 Å². The van der Waals surface area contributed by atoms with Crippen molar-refractivity contribution in [1.29, 1.82) is 0 Å². The van der Waals surface area contributed by atoms with Crippen LogP contribution in [-0.4, -0.2) is 41.3 Å². The van der Waals surface area contributed by atoms with E-state index in [2.05, 4.69) is 79.4 Å². The lowest BCUT2D eigenvalue weighted by molar-refractivity contribution is 0.0592. The zero-order valence-corrected chi connectivity index (χ0v) is 21.3. The van der Waals surface area contributed by atoms with E-state index in [1.54, 1.807) is 12.1 Å². The Labute approximate surface area is 212 Å². The number of hydrogen-bond acceptors (Lipinski definition) is 2. The van der Waals surface area contributed by atoms with Gasteiger partial charge in [-0.25, -0.2) is 4.39 Å². The molecule has 1 amide bonds. The number of H-pyrrole nitrogens is 1. The highest BCUT2D eigenvalue weighted by atomic mass is 19.1. The number of carbonyl (C=O) groups is 1. The number of aromatic amines is 1. The topological polar surface area (TPSA) is 39.3 Å². The molecule has 1 aliphatic heterocycles. The van der Waals surface area contributed by atoms with Gasteiger partial charge in [-0.3, -0.25) is 9.69 Å². The SMILES string of the molecule is CCC(CCC1c2[nH]c3ccccc3c2CCN1C(=O)c1cccc(F)c1)(c1ccccc1)N(C)C. The van der Waals surface area contributed by atoms with Gasteiger partial charge < -0.3 is 9.88 Å². The van der Waals surface area contributed by atoms with Crippen LogP contribution in [0.1, 0.15) is 59.4 Å². The van der Waals surface area contributed by atoms with Gasteiger partial charge in [0.25, 0.3) is 5.91 Å². The number of aromatic nitrogens is 1. The smallest absolute Gasteiger partial charge is 0.254 e. The van der Waals surface area contributed by atoms with Crippen LogP contribution in [-0.2, 0) is 12.0 Å². The number of para-hydroxylation sites is 1. The number of halogens is 1. The lowest BCUT2D eigenvalue weighted by Crippen LogP contribution is -2.44. The highest BCUT2D eigenvalue weighted by Crippen LogP contribution is 2.42.